The first kappa shape index (κ1) is 10.7. The zero-order valence-electron chi connectivity index (χ0n) is 9.29. The lowest BCUT2D eigenvalue weighted by molar-refractivity contribution is 0.299. The summed E-state index contributed by atoms with van der Waals surface area (Å²) < 4.78 is 0. The highest BCUT2D eigenvalue weighted by Gasteiger charge is 2.29. The first-order valence-corrected chi connectivity index (χ1v) is 5.70. The van der Waals surface area contributed by atoms with Crippen LogP contribution in [0.2, 0.25) is 0 Å². The fourth-order valence-electron chi connectivity index (χ4n) is 2.34. The highest BCUT2D eigenvalue weighted by molar-refractivity contribution is 5.30. The normalized spacial score (nSPS) is 25.7. The van der Waals surface area contributed by atoms with Crippen LogP contribution >= 0.6 is 0 Å². The van der Waals surface area contributed by atoms with Crippen LogP contribution in [0.25, 0.3) is 0 Å². The Balaban J connectivity index is 2.23. The molecule has 1 fully saturated rings. The third-order valence-electron chi connectivity index (χ3n) is 3.33. The van der Waals surface area contributed by atoms with Crippen molar-refractivity contribution in [1.29, 1.82) is 0 Å². The second-order valence-electron chi connectivity index (χ2n) is 4.54. The molecule has 1 aliphatic rings. The molecule has 0 bridgehead atoms. The highest BCUT2D eigenvalue weighted by Crippen LogP contribution is 2.30. The van der Waals surface area contributed by atoms with E-state index in [-0.39, 0.29) is 12.1 Å². The molecule has 1 saturated heterocycles. The van der Waals surface area contributed by atoms with E-state index in [1.54, 1.807) is 0 Å². The molecule has 2 nitrogen and oxygen atoms in total. The maximum absolute atomic E-state index is 8.92. The lowest BCUT2D eigenvalue weighted by Gasteiger charge is -2.25. The Bertz CT molecular complexity index is 329. The second kappa shape index (κ2) is 4.33. The molecule has 0 radical (unpaired) electrons. The molecular weight excluding hydrogens is 186 g/mol. The van der Waals surface area contributed by atoms with Crippen molar-refractivity contribution < 1.29 is 5.11 Å². The summed E-state index contributed by atoms with van der Waals surface area (Å²) in [7, 11) is 0. The van der Waals surface area contributed by atoms with Gasteiger partial charge < -0.3 is 10.4 Å². The quantitative estimate of drug-likeness (QED) is 0.789. The summed E-state index contributed by atoms with van der Waals surface area (Å²) in [5.74, 6) is 0. The molecule has 1 heterocycles. The molecule has 2 heteroatoms. The topological polar surface area (TPSA) is 32.3 Å². The highest BCUT2D eigenvalue weighted by atomic mass is 16.2. The van der Waals surface area contributed by atoms with E-state index in [0.29, 0.717) is 0 Å². The Labute approximate surface area is 91.3 Å². The Morgan fingerprint density at radius 2 is 2.33 bits per heavy atom. The van der Waals surface area contributed by atoms with Gasteiger partial charge in [-0.1, -0.05) is 24.3 Å². The molecule has 0 saturated carbocycles. The average molecular weight is 205 g/mol. The smallest absolute Gasteiger partial charge is 0.0471 e. The number of nitrogens with one attached hydrogen (secondary N) is 1. The van der Waals surface area contributed by atoms with Gasteiger partial charge in [-0.15, -0.1) is 0 Å². The van der Waals surface area contributed by atoms with Crippen LogP contribution < -0.4 is 5.32 Å². The van der Waals surface area contributed by atoms with Crippen LogP contribution in [0.3, 0.4) is 0 Å². The van der Waals surface area contributed by atoms with E-state index in [2.05, 4.69) is 36.5 Å². The Hall–Kier alpha value is -0.860. The molecule has 2 N–H and O–H groups in total. The van der Waals surface area contributed by atoms with Gasteiger partial charge in [0.1, 0.15) is 0 Å². The maximum Gasteiger partial charge on any atom is 0.0471 e. The lowest BCUT2D eigenvalue weighted by Crippen LogP contribution is -2.33. The second-order valence-corrected chi connectivity index (χ2v) is 4.54. The third kappa shape index (κ3) is 2.21. The molecule has 0 spiro atoms. The van der Waals surface area contributed by atoms with Crippen molar-refractivity contribution >= 4 is 0 Å². The number of hydrogen-bond donors (Lipinski definition) is 2. The van der Waals surface area contributed by atoms with Crippen LogP contribution in [0.5, 0.6) is 0 Å². The van der Waals surface area contributed by atoms with Crippen LogP contribution in [0.4, 0.5) is 0 Å². The van der Waals surface area contributed by atoms with Crippen LogP contribution in [0.1, 0.15) is 30.9 Å². The fourth-order valence-corrected chi connectivity index (χ4v) is 2.34. The molecule has 0 aliphatic carbocycles. The van der Waals surface area contributed by atoms with E-state index in [0.717, 1.165) is 13.0 Å². The minimum atomic E-state index is 0.144. The van der Waals surface area contributed by atoms with E-state index >= 15 is 0 Å². The van der Waals surface area contributed by atoms with Gasteiger partial charge in [-0.25, -0.2) is 0 Å². The van der Waals surface area contributed by atoms with E-state index in [9.17, 15) is 0 Å². The van der Waals surface area contributed by atoms with Gasteiger partial charge in [0.15, 0.2) is 0 Å². The summed E-state index contributed by atoms with van der Waals surface area (Å²) in [5.41, 5.74) is 2.72. The van der Waals surface area contributed by atoms with Crippen LogP contribution in [0.15, 0.2) is 24.3 Å². The summed E-state index contributed by atoms with van der Waals surface area (Å²) >= 11 is 0. The number of benzene rings is 1. The van der Waals surface area contributed by atoms with Crippen molar-refractivity contribution in [1.82, 2.24) is 5.32 Å². The zero-order valence-corrected chi connectivity index (χ0v) is 9.29. The third-order valence-corrected chi connectivity index (χ3v) is 3.33. The monoisotopic (exact) mass is 205 g/mol. The molecule has 0 amide bonds. The van der Waals surface area contributed by atoms with Gasteiger partial charge >= 0.3 is 0 Å². The molecule has 1 unspecified atom stereocenters. The molecule has 82 valence electrons. The minimum absolute atomic E-state index is 0.144. The van der Waals surface area contributed by atoms with Crippen molar-refractivity contribution in [3.05, 3.63) is 35.4 Å². The molecule has 0 aromatic heterocycles. The summed E-state index contributed by atoms with van der Waals surface area (Å²) in [6, 6.07) is 8.57. The largest absolute Gasteiger partial charge is 0.396 e. The Morgan fingerprint density at radius 1 is 1.47 bits per heavy atom. The van der Waals surface area contributed by atoms with Gasteiger partial charge in [-0.2, -0.15) is 0 Å². The van der Waals surface area contributed by atoms with E-state index < -0.39 is 0 Å². The standard InChI is InChI=1S/C13H19NO/c1-13(7-3-8-14-13)12-5-2-4-11(10-12)6-9-15/h2,4-5,10,14-15H,3,6-9H2,1H3. The molecule has 1 aromatic carbocycles. The van der Waals surface area contributed by atoms with Crippen LogP contribution in [-0.4, -0.2) is 18.3 Å². The summed E-state index contributed by atoms with van der Waals surface area (Å²) in [6.07, 6.45) is 3.21. The van der Waals surface area contributed by atoms with Gasteiger partial charge in [0.05, 0.1) is 0 Å². The van der Waals surface area contributed by atoms with Gasteiger partial charge in [0, 0.05) is 12.1 Å². The van der Waals surface area contributed by atoms with Crippen LogP contribution in [-0.2, 0) is 12.0 Å². The minimum Gasteiger partial charge on any atom is -0.396 e. The fraction of sp³-hybridized carbons (Fsp3) is 0.538. The van der Waals surface area contributed by atoms with E-state index in [1.165, 1.54) is 24.0 Å². The molecule has 15 heavy (non-hydrogen) atoms. The van der Waals surface area contributed by atoms with Gasteiger partial charge in [-0.05, 0) is 43.9 Å². The van der Waals surface area contributed by atoms with Crippen molar-refractivity contribution in [2.45, 2.75) is 31.7 Å². The van der Waals surface area contributed by atoms with Gasteiger partial charge in [0.25, 0.3) is 0 Å². The average Bonchev–Trinajstić information content (AvgIpc) is 2.68. The predicted molar refractivity (Wildman–Crippen MR) is 61.8 cm³/mol. The maximum atomic E-state index is 8.92. The molecule has 2 rings (SSSR count). The predicted octanol–water partition coefficient (Wildman–Crippen LogP) is 1.82. The zero-order chi connectivity index (χ0) is 10.7. The summed E-state index contributed by atoms with van der Waals surface area (Å²) in [6.45, 7) is 3.60. The molecule has 1 aromatic rings. The number of aliphatic hydroxyl groups excluding tert-OH is 1. The first-order valence-electron chi connectivity index (χ1n) is 5.70. The number of aliphatic hydroxyl groups is 1. The van der Waals surface area contributed by atoms with E-state index in [1.807, 2.05) is 0 Å². The molecule has 1 atom stereocenters. The van der Waals surface area contributed by atoms with Crippen molar-refractivity contribution in [3.63, 3.8) is 0 Å². The van der Waals surface area contributed by atoms with Crippen molar-refractivity contribution in [2.24, 2.45) is 0 Å². The Morgan fingerprint density at radius 3 is 3.00 bits per heavy atom. The van der Waals surface area contributed by atoms with Crippen LogP contribution in [0, 0.1) is 0 Å². The SMILES string of the molecule is CC1(c2cccc(CCO)c2)CCCN1. The van der Waals surface area contributed by atoms with Gasteiger partial charge in [0.2, 0.25) is 0 Å². The first-order chi connectivity index (χ1) is 7.24. The number of hydrogen-bond acceptors (Lipinski definition) is 2. The number of rotatable bonds is 3. The Kier molecular flexibility index (Phi) is 3.08. The lowest BCUT2D eigenvalue weighted by atomic mass is 9.89. The summed E-state index contributed by atoms with van der Waals surface area (Å²) in [4.78, 5) is 0. The van der Waals surface area contributed by atoms with Crippen molar-refractivity contribution in [2.75, 3.05) is 13.2 Å². The van der Waals surface area contributed by atoms with Gasteiger partial charge in [-0.3, -0.25) is 0 Å². The van der Waals surface area contributed by atoms with Crippen molar-refractivity contribution in [3.8, 4) is 0 Å². The molecular formula is C13H19NO. The summed E-state index contributed by atoms with van der Waals surface area (Å²) in [5, 5.41) is 12.5. The van der Waals surface area contributed by atoms with E-state index in [4.69, 9.17) is 5.11 Å². The molecule has 1 aliphatic heterocycles.